The van der Waals surface area contributed by atoms with Gasteiger partial charge >= 0.3 is 0 Å². The lowest BCUT2D eigenvalue weighted by molar-refractivity contribution is 0.0961. The van der Waals surface area contributed by atoms with E-state index in [0.717, 1.165) is 10.0 Å². The van der Waals surface area contributed by atoms with Crippen LogP contribution in [0.4, 0.5) is 4.39 Å². The third-order valence-corrected chi connectivity index (χ3v) is 4.17. The number of halogens is 2. The number of benzene rings is 1. The van der Waals surface area contributed by atoms with Crippen LogP contribution in [0.3, 0.4) is 0 Å². The van der Waals surface area contributed by atoms with E-state index in [9.17, 15) is 4.39 Å². The lowest BCUT2D eigenvalue weighted by Gasteiger charge is -2.41. The van der Waals surface area contributed by atoms with Gasteiger partial charge in [-0.2, -0.15) is 0 Å². The summed E-state index contributed by atoms with van der Waals surface area (Å²) in [7, 11) is 0. The van der Waals surface area contributed by atoms with Crippen molar-refractivity contribution in [2.24, 2.45) is 5.41 Å². The molecule has 1 heterocycles. The molecule has 0 amide bonds. The molecule has 1 unspecified atom stereocenters. The fourth-order valence-electron chi connectivity index (χ4n) is 2.64. The highest BCUT2D eigenvalue weighted by Crippen LogP contribution is 2.37. The third-order valence-electron chi connectivity index (χ3n) is 3.64. The summed E-state index contributed by atoms with van der Waals surface area (Å²) in [5, 5.41) is 1.43. The molecule has 1 nitrogen and oxygen atoms in total. The van der Waals surface area contributed by atoms with Gasteiger partial charge in [-0.15, -0.1) is 0 Å². The van der Waals surface area contributed by atoms with Crippen LogP contribution in [0.25, 0.3) is 0 Å². The van der Waals surface area contributed by atoms with E-state index in [1.807, 2.05) is 45.0 Å². The minimum Gasteiger partial charge on any atom is -0.311 e. The molecule has 0 radical (unpaired) electrons. The zero-order valence-corrected chi connectivity index (χ0v) is 12.7. The highest BCUT2D eigenvalue weighted by atomic mass is 79.9. The Hall–Kier alpha value is -0.410. The molecule has 1 aliphatic heterocycles. The minimum atomic E-state index is -0.993. The van der Waals surface area contributed by atoms with Crippen molar-refractivity contribution in [3.05, 3.63) is 34.3 Å². The smallest absolute Gasteiger partial charge is 0.123 e. The molecule has 2 rings (SSSR count). The van der Waals surface area contributed by atoms with Gasteiger partial charge in [0.2, 0.25) is 0 Å². The zero-order valence-electron chi connectivity index (χ0n) is 12.2. The van der Waals surface area contributed by atoms with Crippen LogP contribution in [0.5, 0.6) is 0 Å². The first kappa shape index (κ1) is 12.6. The van der Waals surface area contributed by atoms with Crippen LogP contribution < -0.4 is 5.31 Å². The number of hydrogen-bond donors (Lipinski definition) is 1. The van der Waals surface area contributed by atoms with Crippen LogP contribution in [0, 0.1) is 5.41 Å². The van der Waals surface area contributed by atoms with Crippen molar-refractivity contribution in [3.63, 3.8) is 0 Å². The summed E-state index contributed by atoms with van der Waals surface area (Å²) in [5.74, 6) is -0.0982. The van der Waals surface area contributed by atoms with Gasteiger partial charge in [0, 0.05) is 16.4 Å². The fourth-order valence-corrected chi connectivity index (χ4v) is 2.91. The van der Waals surface area contributed by atoms with Crippen LogP contribution in [-0.4, -0.2) is 18.8 Å². The van der Waals surface area contributed by atoms with Gasteiger partial charge in [-0.1, -0.05) is 48.8 Å². The molecule has 3 heteroatoms. The van der Waals surface area contributed by atoms with Crippen LogP contribution in [0.1, 0.15) is 38.7 Å². The van der Waals surface area contributed by atoms with Gasteiger partial charge in [-0.25, -0.2) is 4.39 Å². The van der Waals surface area contributed by atoms with Crippen LogP contribution in [-0.2, 0) is 0 Å². The average molecular weight is 315 g/mol. The lowest BCUT2D eigenvalue weighted by atomic mass is 9.75. The van der Waals surface area contributed by atoms with Gasteiger partial charge in [0.15, 0.2) is 0 Å². The number of rotatable bonds is 1. The highest BCUT2D eigenvalue weighted by Gasteiger charge is 2.40. The maximum absolute atomic E-state index is 14.9. The van der Waals surface area contributed by atoms with Crippen LogP contribution >= 0.6 is 15.9 Å². The van der Waals surface area contributed by atoms with Crippen molar-refractivity contribution in [2.45, 2.75) is 45.3 Å². The van der Waals surface area contributed by atoms with Crippen molar-refractivity contribution >= 4 is 15.9 Å². The minimum absolute atomic E-state index is 0.0982. The van der Waals surface area contributed by atoms with Gasteiger partial charge in [-0.3, -0.25) is 0 Å². The quantitative estimate of drug-likeness (QED) is 0.816. The Kier molecular flexibility index (Phi) is 3.71. The van der Waals surface area contributed by atoms with Gasteiger partial charge in [0.1, 0.15) is 7.58 Å². The van der Waals surface area contributed by atoms with Crippen molar-refractivity contribution < 1.29 is 5.80 Å². The second-order valence-electron chi connectivity index (χ2n) is 6.11. The van der Waals surface area contributed by atoms with E-state index in [-0.39, 0.29) is 17.4 Å². The summed E-state index contributed by atoms with van der Waals surface area (Å²) in [6.45, 7) is 6.66. The molecule has 0 aromatic heterocycles. The molecular weight excluding hydrogens is 293 g/mol. The second-order valence-corrected chi connectivity index (χ2v) is 7.02. The molecular formula is C15H21BrFN. The van der Waals surface area contributed by atoms with E-state index < -0.39 is 6.17 Å². The lowest BCUT2D eigenvalue weighted by Crippen LogP contribution is -2.53. The number of alkyl halides is 1. The van der Waals surface area contributed by atoms with Crippen LogP contribution in [0.15, 0.2) is 28.7 Å². The maximum Gasteiger partial charge on any atom is 0.123 e. The Morgan fingerprint density at radius 3 is 2.50 bits per heavy atom. The maximum atomic E-state index is 14.9. The standard InChI is InChI=1S/C15H21BrFN/c1-15(2,3)14-13(17)12(8-9-18-14)10-4-6-11(16)7-5-10/h4-7,12-14,18H,8-9H2,1-3H3/t12-,13-,14?/m0/s1/i/hD. The summed E-state index contributed by atoms with van der Waals surface area (Å²) in [5.41, 5.74) is 0.813. The average Bonchev–Trinajstić information content (AvgIpc) is 2.29. The summed E-state index contributed by atoms with van der Waals surface area (Å²) >= 11 is 3.41. The van der Waals surface area contributed by atoms with Gasteiger partial charge in [0.25, 0.3) is 0 Å². The molecule has 1 aliphatic rings. The zero-order chi connectivity index (χ0) is 14.2. The summed E-state index contributed by atoms with van der Waals surface area (Å²) in [4.78, 5) is 0. The first-order valence-electron chi connectivity index (χ1n) is 6.90. The molecule has 1 aromatic carbocycles. The number of hydrogen-bond acceptors (Lipinski definition) is 1. The van der Waals surface area contributed by atoms with E-state index >= 15 is 0 Å². The van der Waals surface area contributed by atoms with Crippen molar-refractivity contribution in [1.29, 1.82) is 0 Å². The summed E-state index contributed by atoms with van der Waals surface area (Å²) < 4.78 is 23.9. The summed E-state index contributed by atoms with van der Waals surface area (Å²) in [6.07, 6.45) is -0.286. The topological polar surface area (TPSA) is 12.0 Å². The van der Waals surface area contributed by atoms with Gasteiger partial charge in [0.05, 0.1) is 0 Å². The first-order valence-corrected chi connectivity index (χ1v) is 7.25. The Morgan fingerprint density at radius 1 is 1.33 bits per heavy atom. The molecule has 0 saturated carbocycles. The number of nitrogens with one attached hydrogen (secondary N) is 1. The summed E-state index contributed by atoms with van der Waals surface area (Å²) in [6, 6.07) is 7.54. The Balaban J connectivity index is 2.26. The second kappa shape index (κ2) is 5.30. The first-order chi connectivity index (χ1) is 8.80. The van der Waals surface area contributed by atoms with Crippen molar-refractivity contribution in [3.8, 4) is 0 Å². The van der Waals surface area contributed by atoms with Gasteiger partial charge in [-0.05, 0) is 36.1 Å². The Morgan fingerprint density at radius 2 is 1.94 bits per heavy atom. The van der Waals surface area contributed by atoms with Crippen molar-refractivity contribution in [2.75, 3.05) is 6.54 Å². The van der Waals surface area contributed by atoms with Crippen molar-refractivity contribution in [1.82, 2.24) is 5.31 Å². The molecule has 1 saturated heterocycles. The van der Waals surface area contributed by atoms with Gasteiger partial charge < -0.3 is 5.31 Å². The van der Waals surface area contributed by atoms with E-state index in [1.165, 1.54) is 5.31 Å². The molecule has 1 fully saturated rings. The fraction of sp³-hybridized carbons (Fsp3) is 0.600. The monoisotopic (exact) mass is 314 g/mol. The SMILES string of the molecule is [2H]N1CC[C@@H](c2ccc(Br)cc2)[C@H](F)C1C(C)(C)C. The number of piperidine rings is 1. The normalized spacial score (nSPS) is 31.2. The molecule has 3 atom stereocenters. The van der Waals surface area contributed by atoms with Crippen LogP contribution in [0.2, 0.25) is 1.41 Å². The molecule has 1 aromatic rings. The van der Waals surface area contributed by atoms with E-state index in [2.05, 4.69) is 15.9 Å². The van der Waals surface area contributed by atoms with E-state index in [1.54, 1.807) is 0 Å². The largest absolute Gasteiger partial charge is 0.311 e. The predicted molar refractivity (Wildman–Crippen MR) is 77.6 cm³/mol. The van der Waals surface area contributed by atoms with E-state index in [0.29, 0.717) is 13.0 Å². The molecule has 0 spiro atoms. The molecule has 0 bridgehead atoms. The van der Waals surface area contributed by atoms with E-state index in [4.69, 9.17) is 1.41 Å². The predicted octanol–water partition coefficient (Wildman–Crippen LogP) is 4.28. The molecule has 1 N–H and O–H groups in total. The molecule has 0 aliphatic carbocycles. The molecule has 100 valence electrons. The Labute approximate surface area is 119 Å². The Bertz CT molecular complexity index is 429. The highest BCUT2D eigenvalue weighted by molar-refractivity contribution is 9.10. The third kappa shape index (κ3) is 2.94. The molecule has 18 heavy (non-hydrogen) atoms.